The molecule has 3 aromatic rings. The molecule has 0 saturated heterocycles. The number of aromatic amines is 1. The van der Waals surface area contributed by atoms with Crippen molar-refractivity contribution in [1.29, 1.82) is 0 Å². The predicted molar refractivity (Wildman–Crippen MR) is 64.8 cm³/mol. The lowest BCUT2D eigenvalue weighted by Gasteiger charge is -2.00. The molecule has 1 aromatic carbocycles. The summed E-state index contributed by atoms with van der Waals surface area (Å²) in [4.78, 5) is 7.20. The number of aromatic nitrogens is 4. The topological polar surface area (TPSA) is 54.5 Å². The number of H-pyrrole nitrogens is 1. The zero-order chi connectivity index (χ0) is 11.8. The molecule has 78 valence electrons. The van der Waals surface area contributed by atoms with E-state index in [0.717, 1.165) is 15.4 Å². The maximum Gasteiger partial charge on any atom is 0.179 e. The Hall–Kier alpha value is -1.75. The summed E-state index contributed by atoms with van der Waals surface area (Å²) in [5, 5.41) is 8.50. The Balaban J connectivity index is 2.16. The molecule has 4 nitrogen and oxygen atoms in total. The molecule has 0 aliphatic carbocycles. The molecular formula is C11H7BrN4. The summed E-state index contributed by atoms with van der Waals surface area (Å²) in [5.74, 6) is 0.514. The van der Waals surface area contributed by atoms with Crippen molar-refractivity contribution >= 4 is 26.8 Å². The van der Waals surface area contributed by atoms with Gasteiger partial charge in [-0.25, -0.2) is 4.98 Å². The van der Waals surface area contributed by atoms with E-state index in [1.807, 2.05) is 30.3 Å². The summed E-state index contributed by atoms with van der Waals surface area (Å²) in [6.45, 7) is 0. The van der Waals surface area contributed by atoms with Gasteiger partial charge in [-0.2, -0.15) is 0 Å². The first kappa shape index (κ1) is 8.41. The van der Waals surface area contributed by atoms with Gasteiger partial charge in [0.25, 0.3) is 0 Å². The Bertz CT molecular complexity index is 695. The molecule has 0 bridgehead atoms. The lowest BCUT2D eigenvalue weighted by molar-refractivity contribution is 1.09. The number of rotatable bonds is 1. The van der Waals surface area contributed by atoms with Crippen LogP contribution >= 0.6 is 15.9 Å². The van der Waals surface area contributed by atoms with Crippen LogP contribution in [0.5, 0.6) is 0 Å². The molecular weight excluding hydrogens is 268 g/mol. The second-order valence-corrected chi connectivity index (χ2v) is 4.23. The van der Waals surface area contributed by atoms with Gasteiger partial charge in [-0.1, -0.05) is 22.0 Å². The first-order valence-electron chi connectivity index (χ1n) is 5.18. The number of fused-ring (bicyclic) bond motifs is 1. The molecule has 3 rings (SSSR count). The van der Waals surface area contributed by atoms with Gasteiger partial charge >= 0.3 is 0 Å². The molecule has 0 radical (unpaired) electrons. The number of hydrogen-bond donors (Lipinski definition) is 1. The van der Waals surface area contributed by atoms with Gasteiger partial charge in [-0.15, -0.1) is 10.2 Å². The van der Waals surface area contributed by atoms with Crippen LogP contribution in [0.3, 0.4) is 0 Å². The molecule has 0 spiro atoms. The molecule has 0 aliphatic heterocycles. The second kappa shape index (κ2) is 3.68. The fourth-order valence-electron chi connectivity index (χ4n) is 1.52. The van der Waals surface area contributed by atoms with E-state index in [4.69, 9.17) is 1.37 Å². The third-order valence-electron chi connectivity index (χ3n) is 2.27. The van der Waals surface area contributed by atoms with Crippen LogP contribution in [0.1, 0.15) is 1.37 Å². The maximum atomic E-state index is 7.29. The normalized spacial score (nSPS) is 11.7. The minimum atomic E-state index is 0.0395. The van der Waals surface area contributed by atoms with Crippen molar-refractivity contribution in [3.8, 4) is 11.5 Å². The molecule has 0 atom stereocenters. The van der Waals surface area contributed by atoms with Crippen molar-refractivity contribution in [3.63, 3.8) is 0 Å². The summed E-state index contributed by atoms with van der Waals surface area (Å²) >= 11 is 3.42. The van der Waals surface area contributed by atoms with Crippen molar-refractivity contribution in [2.24, 2.45) is 0 Å². The third-order valence-corrected chi connectivity index (χ3v) is 2.76. The van der Waals surface area contributed by atoms with Gasteiger partial charge < -0.3 is 4.98 Å². The number of pyridine rings is 1. The number of nitrogens with one attached hydrogen (secondary N) is 1. The summed E-state index contributed by atoms with van der Waals surface area (Å²) < 4.78 is 8.31. The Morgan fingerprint density at radius 2 is 2.19 bits per heavy atom. The van der Waals surface area contributed by atoms with Gasteiger partial charge in [-0.3, -0.25) is 0 Å². The van der Waals surface area contributed by atoms with Crippen LogP contribution < -0.4 is 0 Å². The van der Waals surface area contributed by atoms with Crippen LogP contribution in [0.4, 0.5) is 0 Å². The standard InChI is InChI=1S/C11H7BrN4/c12-8-2-4-9-7(5-8)1-3-10(15-9)11-13-6-14-16-11/h1-6H,(H,13,14,16)/i6D. The Labute approximate surface area is 101 Å². The summed E-state index contributed by atoms with van der Waals surface area (Å²) in [6.07, 6.45) is 0.0395. The zero-order valence-electron chi connectivity index (χ0n) is 9.11. The van der Waals surface area contributed by atoms with Gasteiger partial charge in [-0.05, 0) is 24.3 Å². The fourth-order valence-corrected chi connectivity index (χ4v) is 1.90. The van der Waals surface area contributed by atoms with E-state index >= 15 is 0 Å². The summed E-state index contributed by atoms with van der Waals surface area (Å²) in [7, 11) is 0. The quantitative estimate of drug-likeness (QED) is 0.743. The summed E-state index contributed by atoms with van der Waals surface area (Å²) in [6, 6.07) is 9.70. The number of halogens is 1. The van der Waals surface area contributed by atoms with E-state index in [1.165, 1.54) is 0 Å². The Morgan fingerprint density at radius 1 is 1.25 bits per heavy atom. The van der Waals surface area contributed by atoms with Crippen molar-refractivity contribution in [3.05, 3.63) is 41.1 Å². The van der Waals surface area contributed by atoms with Crippen LogP contribution in [0.2, 0.25) is 0 Å². The van der Waals surface area contributed by atoms with Gasteiger partial charge in [0.15, 0.2) is 5.82 Å². The Morgan fingerprint density at radius 3 is 3.00 bits per heavy atom. The Kier molecular flexibility index (Phi) is 1.93. The lowest BCUT2D eigenvalue weighted by Crippen LogP contribution is -1.87. The molecule has 5 heteroatoms. The highest BCUT2D eigenvalue weighted by Crippen LogP contribution is 2.21. The first-order chi connectivity index (χ1) is 8.22. The van der Waals surface area contributed by atoms with E-state index in [-0.39, 0.29) is 6.30 Å². The zero-order valence-corrected chi connectivity index (χ0v) is 9.69. The highest BCUT2D eigenvalue weighted by atomic mass is 79.9. The largest absolute Gasteiger partial charge is 0.326 e. The van der Waals surface area contributed by atoms with E-state index in [0.29, 0.717) is 11.5 Å². The summed E-state index contributed by atoms with van der Waals surface area (Å²) in [5.41, 5.74) is 1.57. The van der Waals surface area contributed by atoms with E-state index in [1.54, 1.807) is 0 Å². The first-order valence-corrected chi connectivity index (χ1v) is 5.48. The minimum absolute atomic E-state index is 0.0395. The van der Waals surface area contributed by atoms with Crippen LogP contribution in [-0.2, 0) is 0 Å². The number of hydrogen-bond acceptors (Lipinski definition) is 3. The smallest absolute Gasteiger partial charge is 0.179 e. The van der Waals surface area contributed by atoms with Crippen LogP contribution in [-0.4, -0.2) is 20.2 Å². The van der Waals surface area contributed by atoms with Crippen molar-refractivity contribution in [2.75, 3.05) is 0 Å². The van der Waals surface area contributed by atoms with Crippen LogP contribution in [0.25, 0.3) is 22.4 Å². The maximum absolute atomic E-state index is 7.29. The second-order valence-electron chi connectivity index (χ2n) is 3.32. The van der Waals surface area contributed by atoms with Crippen molar-refractivity contribution in [1.82, 2.24) is 20.2 Å². The van der Waals surface area contributed by atoms with Crippen LogP contribution in [0.15, 0.2) is 41.1 Å². The minimum Gasteiger partial charge on any atom is -0.326 e. The average molecular weight is 276 g/mol. The van der Waals surface area contributed by atoms with Gasteiger partial charge in [0.05, 0.1) is 5.52 Å². The molecule has 0 amide bonds. The molecule has 1 N–H and O–H groups in total. The molecule has 0 aliphatic rings. The SMILES string of the molecule is [2H]c1nnc(-c2ccc3cc(Br)ccc3n2)[nH]1. The molecule has 0 unspecified atom stereocenters. The van der Waals surface area contributed by atoms with E-state index in [2.05, 4.69) is 36.1 Å². The van der Waals surface area contributed by atoms with Crippen LogP contribution in [0, 0.1) is 0 Å². The highest BCUT2D eigenvalue weighted by Gasteiger charge is 2.03. The molecule has 0 fully saturated rings. The monoisotopic (exact) mass is 275 g/mol. The van der Waals surface area contributed by atoms with E-state index in [9.17, 15) is 0 Å². The fraction of sp³-hybridized carbons (Fsp3) is 0. The predicted octanol–water partition coefficient (Wildman–Crippen LogP) is 2.78. The van der Waals surface area contributed by atoms with Gasteiger partial charge in [0.1, 0.15) is 13.4 Å². The lowest BCUT2D eigenvalue weighted by atomic mass is 10.2. The number of nitrogens with zero attached hydrogens (tertiary/aromatic N) is 3. The van der Waals surface area contributed by atoms with Crippen molar-refractivity contribution < 1.29 is 1.37 Å². The molecule has 0 saturated carbocycles. The molecule has 16 heavy (non-hydrogen) atoms. The third kappa shape index (κ3) is 1.59. The van der Waals surface area contributed by atoms with Gasteiger partial charge in [0, 0.05) is 9.86 Å². The average Bonchev–Trinajstić information content (AvgIpc) is 2.75. The van der Waals surface area contributed by atoms with Crippen molar-refractivity contribution in [2.45, 2.75) is 0 Å². The molecule has 2 heterocycles. The molecule has 2 aromatic heterocycles. The highest BCUT2D eigenvalue weighted by molar-refractivity contribution is 9.10. The number of benzene rings is 1. The van der Waals surface area contributed by atoms with E-state index < -0.39 is 0 Å². The van der Waals surface area contributed by atoms with Gasteiger partial charge in [0.2, 0.25) is 0 Å².